The van der Waals surface area contributed by atoms with E-state index in [1.54, 1.807) is 0 Å². The van der Waals surface area contributed by atoms with Gasteiger partial charge in [-0.2, -0.15) is 0 Å². The third kappa shape index (κ3) is 4.34. The molecule has 110 valence electrons. The Balaban J connectivity index is 1.78. The topological polar surface area (TPSA) is 41.1 Å². The van der Waals surface area contributed by atoms with Gasteiger partial charge in [0.25, 0.3) is 0 Å². The number of hydrogen-bond donors (Lipinski definition) is 2. The lowest BCUT2D eigenvalue weighted by molar-refractivity contribution is -0.122. The molecule has 1 heterocycles. The number of amides is 1. The standard InChI is InChI=1S/C17H26N2O/c1-13(2)15-8-6-14(7-9-15)10-12-18-16-5-3-4-11-19-17(16)20/h6-9,13,16,18H,3-5,10-12H2,1-2H3,(H,19,20). The number of benzene rings is 1. The molecule has 1 aromatic rings. The Bertz CT molecular complexity index is 425. The van der Waals surface area contributed by atoms with E-state index in [-0.39, 0.29) is 11.9 Å². The van der Waals surface area contributed by atoms with Gasteiger partial charge in [0, 0.05) is 6.54 Å². The summed E-state index contributed by atoms with van der Waals surface area (Å²) in [5.74, 6) is 0.745. The molecule has 0 bridgehead atoms. The summed E-state index contributed by atoms with van der Waals surface area (Å²) in [6.45, 7) is 6.11. The van der Waals surface area contributed by atoms with Crippen molar-refractivity contribution < 1.29 is 4.79 Å². The van der Waals surface area contributed by atoms with Gasteiger partial charge in [-0.25, -0.2) is 0 Å². The lowest BCUT2D eigenvalue weighted by atomic mass is 10.0. The minimum Gasteiger partial charge on any atom is -0.355 e. The van der Waals surface area contributed by atoms with Crippen molar-refractivity contribution in [1.29, 1.82) is 0 Å². The highest BCUT2D eigenvalue weighted by atomic mass is 16.2. The summed E-state index contributed by atoms with van der Waals surface area (Å²) in [7, 11) is 0. The van der Waals surface area contributed by atoms with Crippen molar-refractivity contribution in [2.75, 3.05) is 13.1 Å². The number of rotatable bonds is 5. The van der Waals surface area contributed by atoms with E-state index in [0.717, 1.165) is 38.8 Å². The molecule has 3 heteroatoms. The molecule has 1 fully saturated rings. The van der Waals surface area contributed by atoms with Gasteiger partial charge in [0.1, 0.15) is 0 Å². The van der Waals surface area contributed by atoms with Gasteiger partial charge >= 0.3 is 0 Å². The SMILES string of the molecule is CC(C)c1ccc(CCNC2CCCCNC2=O)cc1. The lowest BCUT2D eigenvalue weighted by Crippen LogP contribution is -2.43. The second-order valence-corrected chi connectivity index (χ2v) is 5.94. The van der Waals surface area contributed by atoms with Gasteiger partial charge in [0.2, 0.25) is 5.91 Å². The minimum absolute atomic E-state index is 0.00700. The quantitative estimate of drug-likeness (QED) is 0.866. The Hall–Kier alpha value is -1.35. The Morgan fingerprint density at radius 3 is 2.70 bits per heavy atom. The molecule has 2 N–H and O–H groups in total. The summed E-state index contributed by atoms with van der Waals surface area (Å²) >= 11 is 0. The predicted molar refractivity (Wildman–Crippen MR) is 82.9 cm³/mol. The predicted octanol–water partition coefficient (Wildman–Crippen LogP) is 2.61. The highest BCUT2D eigenvalue weighted by Crippen LogP contribution is 2.14. The molecular weight excluding hydrogens is 248 g/mol. The first-order chi connectivity index (χ1) is 9.66. The zero-order valence-electron chi connectivity index (χ0n) is 12.6. The second kappa shape index (κ2) is 7.44. The Kier molecular flexibility index (Phi) is 5.60. The highest BCUT2D eigenvalue weighted by molar-refractivity contribution is 5.81. The van der Waals surface area contributed by atoms with Crippen LogP contribution in [0.3, 0.4) is 0 Å². The fourth-order valence-corrected chi connectivity index (χ4v) is 2.59. The van der Waals surface area contributed by atoms with E-state index in [1.165, 1.54) is 11.1 Å². The van der Waals surface area contributed by atoms with E-state index in [0.29, 0.717) is 5.92 Å². The number of carbonyl (C=O) groups excluding carboxylic acids is 1. The van der Waals surface area contributed by atoms with Gasteiger partial charge in [-0.1, -0.05) is 38.1 Å². The molecular formula is C17H26N2O. The van der Waals surface area contributed by atoms with Crippen LogP contribution in [0.15, 0.2) is 24.3 Å². The van der Waals surface area contributed by atoms with Crippen LogP contribution in [0, 0.1) is 0 Å². The average Bonchev–Trinajstić information content (AvgIpc) is 2.65. The van der Waals surface area contributed by atoms with Crippen molar-refractivity contribution in [2.45, 2.75) is 51.5 Å². The molecule has 1 aliphatic rings. The Morgan fingerprint density at radius 2 is 2.00 bits per heavy atom. The van der Waals surface area contributed by atoms with Crippen LogP contribution in [0.4, 0.5) is 0 Å². The van der Waals surface area contributed by atoms with Crippen molar-refractivity contribution in [2.24, 2.45) is 0 Å². The van der Waals surface area contributed by atoms with E-state index in [9.17, 15) is 4.79 Å². The van der Waals surface area contributed by atoms with Crippen LogP contribution < -0.4 is 10.6 Å². The molecule has 1 unspecified atom stereocenters. The van der Waals surface area contributed by atoms with Crippen LogP contribution >= 0.6 is 0 Å². The van der Waals surface area contributed by atoms with Gasteiger partial charge in [0.15, 0.2) is 0 Å². The molecule has 1 atom stereocenters. The van der Waals surface area contributed by atoms with Gasteiger partial charge in [0.05, 0.1) is 6.04 Å². The van der Waals surface area contributed by atoms with Gasteiger partial charge in [-0.05, 0) is 49.3 Å². The molecule has 20 heavy (non-hydrogen) atoms. The number of hydrogen-bond acceptors (Lipinski definition) is 2. The zero-order valence-corrected chi connectivity index (χ0v) is 12.6. The van der Waals surface area contributed by atoms with Crippen LogP contribution in [-0.2, 0) is 11.2 Å². The van der Waals surface area contributed by atoms with Crippen molar-refractivity contribution >= 4 is 5.91 Å². The zero-order chi connectivity index (χ0) is 14.4. The summed E-state index contributed by atoms with van der Waals surface area (Å²) < 4.78 is 0. The van der Waals surface area contributed by atoms with Crippen LogP contribution in [0.25, 0.3) is 0 Å². The summed E-state index contributed by atoms with van der Waals surface area (Å²) in [6, 6.07) is 8.80. The number of carbonyl (C=O) groups is 1. The minimum atomic E-state index is -0.00700. The van der Waals surface area contributed by atoms with E-state index in [4.69, 9.17) is 0 Å². The molecule has 0 saturated carbocycles. The van der Waals surface area contributed by atoms with Gasteiger partial charge in [-0.3, -0.25) is 4.79 Å². The Labute approximate surface area is 122 Å². The van der Waals surface area contributed by atoms with E-state index < -0.39 is 0 Å². The average molecular weight is 274 g/mol. The largest absolute Gasteiger partial charge is 0.355 e. The van der Waals surface area contributed by atoms with Crippen LogP contribution in [0.5, 0.6) is 0 Å². The van der Waals surface area contributed by atoms with Gasteiger partial charge < -0.3 is 10.6 Å². The number of nitrogens with one attached hydrogen (secondary N) is 2. The monoisotopic (exact) mass is 274 g/mol. The first kappa shape index (κ1) is 15.0. The van der Waals surface area contributed by atoms with Gasteiger partial charge in [-0.15, -0.1) is 0 Å². The molecule has 2 rings (SSSR count). The molecule has 0 radical (unpaired) electrons. The molecule has 0 spiro atoms. The molecule has 1 aromatic carbocycles. The highest BCUT2D eigenvalue weighted by Gasteiger charge is 2.19. The second-order valence-electron chi connectivity index (χ2n) is 5.94. The summed E-state index contributed by atoms with van der Waals surface area (Å²) in [4.78, 5) is 11.8. The van der Waals surface area contributed by atoms with Crippen molar-refractivity contribution in [3.63, 3.8) is 0 Å². The van der Waals surface area contributed by atoms with Crippen LogP contribution in [0.2, 0.25) is 0 Å². The maximum Gasteiger partial charge on any atom is 0.237 e. The third-order valence-corrected chi connectivity index (χ3v) is 3.99. The van der Waals surface area contributed by atoms with E-state index >= 15 is 0 Å². The smallest absolute Gasteiger partial charge is 0.237 e. The van der Waals surface area contributed by atoms with Crippen molar-refractivity contribution in [3.8, 4) is 0 Å². The van der Waals surface area contributed by atoms with Crippen molar-refractivity contribution in [3.05, 3.63) is 35.4 Å². The molecule has 0 aromatic heterocycles. The molecule has 0 aliphatic carbocycles. The fourth-order valence-electron chi connectivity index (χ4n) is 2.59. The first-order valence-electron chi connectivity index (χ1n) is 7.77. The molecule has 1 amide bonds. The maximum atomic E-state index is 11.8. The maximum absolute atomic E-state index is 11.8. The molecule has 1 saturated heterocycles. The van der Waals surface area contributed by atoms with E-state index in [1.807, 2.05) is 0 Å². The lowest BCUT2D eigenvalue weighted by Gasteiger charge is -2.15. The summed E-state index contributed by atoms with van der Waals surface area (Å²) in [5, 5.41) is 6.35. The fraction of sp³-hybridized carbons (Fsp3) is 0.588. The van der Waals surface area contributed by atoms with E-state index in [2.05, 4.69) is 48.7 Å². The first-order valence-corrected chi connectivity index (χ1v) is 7.77. The third-order valence-electron chi connectivity index (χ3n) is 3.99. The van der Waals surface area contributed by atoms with Crippen LogP contribution in [0.1, 0.15) is 50.2 Å². The molecule has 3 nitrogen and oxygen atoms in total. The molecule has 1 aliphatic heterocycles. The Morgan fingerprint density at radius 1 is 1.25 bits per heavy atom. The van der Waals surface area contributed by atoms with Crippen LogP contribution in [-0.4, -0.2) is 25.0 Å². The van der Waals surface area contributed by atoms with Crippen molar-refractivity contribution in [1.82, 2.24) is 10.6 Å². The normalized spacial score (nSPS) is 19.8. The summed E-state index contributed by atoms with van der Waals surface area (Å²) in [6.07, 6.45) is 4.15. The summed E-state index contributed by atoms with van der Waals surface area (Å²) in [5.41, 5.74) is 2.71.